The first-order valence-corrected chi connectivity index (χ1v) is 3.91. The maximum atomic E-state index is 10.5. The number of carbonyl (C=O) groups excluding carboxylic acids is 1. The number of cyclic esters (lactones) is 1. The highest BCUT2D eigenvalue weighted by Gasteiger charge is 2.41. The van der Waals surface area contributed by atoms with E-state index in [-0.39, 0.29) is 0 Å². The Balaban J connectivity index is 2.61. The van der Waals surface area contributed by atoms with Gasteiger partial charge in [0.2, 0.25) is 0 Å². The molecule has 4 nitrogen and oxygen atoms in total. The Labute approximate surface area is 65.9 Å². The van der Waals surface area contributed by atoms with Crippen LogP contribution in [0.3, 0.4) is 0 Å². The fraction of sp³-hybridized carbons (Fsp3) is 0.800. The van der Waals surface area contributed by atoms with E-state index in [4.69, 9.17) is 10.2 Å². The van der Waals surface area contributed by atoms with Crippen LogP contribution in [0.1, 0.15) is 0 Å². The van der Waals surface area contributed by atoms with Crippen LogP contribution >= 0.6 is 15.9 Å². The molecular weight excluding hydrogens is 204 g/mol. The summed E-state index contributed by atoms with van der Waals surface area (Å²) in [6.07, 6.45) is -3.07. The molecule has 0 aromatic heterocycles. The monoisotopic (exact) mass is 210 g/mol. The molecule has 2 N–H and O–H groups in total. The predicted molar refractivity (Wildman–Crippen MR) is 35.7 cm³/mol. The van der Waals surface area contributed by atoms with Gasteiger partial charge in [-0.3, -0.25) is 0 Å². The third-order valence-electron chi connectivity index (χ3n) is 1.37. The number of carbonyl (C=O) groups is 1. The molecule has 1 rings (SSSR count). The molecule has 10 heavy (non-hydrogen) atoms. The van der Waals surface area contributed by atoms with Gasteiger partial charge in [0.1, 0.15) is 12.2 Å². The molecule has 0 unspecified atom stereocenters. The molecular formula is C5H7BrO4. The summed E-state index contributed by atoms with van der Waals surface area (Å²) in [4.78, 5) is 10.5. The van der Waals surface area contributed by atoms with Crippen molar-refractivity contribution in [2.75, 3.05) is 5.33 Å². The van der Waals surface area contributed by atoms with Crippen molar-refractivity contribution in [2.45, 2.75) is 18.3 Å². The number of hydrogen-bond acceptors (Lipinski definition) is 4. The number of alkyl halides is 1. The number of ether oxygens (including phenoxy) is 1. The third-order valence-corrected chi connectivity index (χ3v) is 2.00. The van der Waals surface area contributed by atoms with E-state index in [1.165, 1.54) is 0 Å². The zero-order valence-corrected chi connectivity index (χ0v) is 6.61. The van der Waals surface area contributed by atoms with Gasteiger partial charge in [-0.15, -0.1) is 0 Å². The van der Waals surface area contributed by atoms with E-state index in [1.54, 1.807) is 0 Å². The molecule has 1 saturated heterocycles. The minimum atomic E-state index is -1.37. The van der Waals surface area contributed by atoms with Crippen molar-refractivity contribution in [3.8, 4) is 0 Å². The molecule has 0 aliphatic carbocycles. The summed E-state index contributed by atoms with van der Waals surface area (Å²) in [5.41, 5.74) is 0. The largest absolute Gasteiger partial charge is 0.457 e. The summed E-state index contributed by atoms with van der Waals surface area (Å²) in [6.45, 7) is 0. The molecule has 0 saturated carbocycles. The lowest BCUT2D eigenvalue weighted by Gasteiger charge is -2.08. The first kappa shape index (κ1) is 7.97. The number of aliphatic hydroxyl groups is 2. The average Bonchev–Trinajstić information content (AvgIpc) is 2.17. The summed E-state index contributed by atoms with van der Waals surface area (Å²) in [5.74, 6) is -0.753. The summed E-state index contributed by atoms with van der Waals surface area (Å²) in [7, 11) is 0. The van der Waals surface area contributed by atoms with E-state index in [0.717, 1.165) is 0 Å². The highest BCUT2D eigenvalue weighted by molar-refractivity contribution is 9.09. The predicted octanol–water partition coefficient (Wildman–Crippen LogP) is -0.972. The quantitative estimate of drug-likeness (QED) is 0.432. The molecule has 5 heteroatoms. The molecule has 1 aliphatic heterocycles. The second-order valence-electron chi connectivity index (χ2n) is 2.07. The van der Waals surface area contributed by atoms with Gasteiger partial charge < -0.3 is 14.9 Å². The standard InChI is InChI=1S/C5H7BrO4/c6-1-2-3(7)4(8)5(9)10-2/h2-4,7-8H,1H2/t2-,3+,4+/m1/s1. The van der Waals surface area contributed by atoms with Crippen LogP contribution in [0.2, 0.25) is 0 Å². The Bertz CT molecular complexity index is 149. The van der Waals surface area contributed by atoms with Crippen LogP contribution in [0.4, 0.5) is 0 Å². The van der Waals surface area contributed by atoms with Crippen molar-refractivity contribution in [3.05, 3.63) is 0 Å². The van der Waals surface area contributed by atoms with Gasteiger partial charge in [-0.05, 0) is 0 Å². The number of esters is 1. The van der Waals surface area contributed by atoms with Gasteiger partial charge in [-0.25, -0.2) is 4.79 Å². The lowest BCUT2D eigenvalue weighted by atomic mass is 10.2. The Morgan fingerprint density at radius 3 is 2.40 bits per heavy atom. The van der Waals surface area contributed by atoms with E-state index in [1.807, 2.05) is 0 Å². The fourth-order valence-corrected chi connectivity index (χ4v) is 1.27. The van der Waals surface area contributed by atoms with E-state index >= 15 is 0 Å². The third kappa shape index (κ3) is 1.16. The van der Waals surface area contributed by atoms with Gasteiger partial charge in [0.05, 0.1) is 0 Å². The number of rotatable bonds is 1. The molecule has 0 bridgehead atoms. The van der Waals surface area contributed by atoms with E-state index in [0.29, 0.717) is 5.33 Å². The van der Waals surface area contributed by atoms with Crippen molar-refractivity contribution in [2.24, 2.45) is 0 Å². The molecule has 0 radical (unpaired) electrons. The van der Waals surface area contributed by atoms with Crippen LogP contribution in [0, 0.1) is 0 Å². The molecule has 1 fully saturated rings. The van der Waals surface area contributed by atoms with Crippen LogP contribution in [0.15, 0.2) is 0 Å². The van der Waals surface area contributed by atoms with E-state index in [9.17, 15) is 4.79 Å². The highest BCUT2D eigenvalue weighted by atomic mass is 79.9. The topological polar surface area (TPSA) is 66.8 Å². The van der Waals surface area contributed by atoms with Crippen molar-refractivity contribution < 1.29 is 19.7 Å². The van der Waals surface area contributed by atoms with Gasteiger partial charge in [0, 0.05) is 5.33 Å². The molecule has 0 aromatic carbocycles. The normalized spacial score (nSPS) is 39.9. The Morgan fingerprint density at radius 1 is 1.60 bits per heavy atom. The highest BCUT2D eigenvalue weighted by Crippen LogP contribution is 2.16. The Kier molecular flexibility index (Phi) is 2.28. The van der Waals surface area contributed by atoms with Crippen molar-refractivity contribution in [3.63, 3.8) is 0 Å². The lowest BCUT2D eigenvalue weighted by molar-refractivity contribution is -0.146. The van der Waals surface area contributed by atoms with E-state index in [2.05, 4.69) is 20.7 Å². The fourth-order valence-electron chi connectivity index (χ4n) is 0.754. The molecule has 1 aliphatic rings. The first-order valence-electron chi connectivity index (χ1n) is 2.79. The Morgan fingerprint density at radius 2 is 2.20 bits per heavy atom. The summed E-state index contributed by atoms with van der Waals surface area (Å²) >= 11 is 3.02. The summed E-state index contributed by atoms with van der Waals surface area (Å²) < 4.78 is 4.55. The molecule has 58 valence electrons. The maximum absolute atomic E-state index is 10.5. The van der Waals surface area contributed by atoms with Crippen molar-refractivity contribution in [1.29, 1.82) is 0 Å². The lowest BCUT2D eigenvalue weighted by Crippen LogP contribution is -2.31. The van der Waals surface area contributed by atoms with Gasteiger partial charge in [0.15, 0.2) is 6.10 Å². The molecule has 0 aromatic rings. The number of halogens is 1. The number of hydrogen-bond donors (Lipinski definition) is 2. The smallest absolute Gasteiger partial charge is 0.338 e. The SMILES string of the molecule is O=C1O[C@H](CBr)[C@H](O)[C@@H]1O. The second kappa shape index (κ2) is 2.86. The molecule has 0 spiro atoms. The Hall–Kier alpha value is -0.130. The zero-order valence-electron chi connectivity index (χ0n) is 5.03. The van der Waals surface area contributed by atoms with E-state index < -0.39 is 24.3 Å². The molecule has 3 atom stereocenters. The zero-order chi connectivity index (χ0) is 7.72. The van der Waals surface area contributed by atoms with Gasteiger partial charge in [0.25, 0.3) is 0 Å². The number of aliphatic hydroxyl groups excluding tert-OH is 2. The molecule has 0 amide bonds. The van der Waals surface area contributed by atoms with Crippen LogP contribution in [-0.4, -0.2) is 39.8 Å². The van der Waals surface area contributed by atoms with Crippen LogP contribution < -0.4 is 0 Å². The second-order valence-corrected chi connectivity index (χ2v) is 2.71. The molecule has 1 heterocycles. The van der Waals surface area contributed by atoms with Crippen LogP contribution in [0.5, 0.6) is 0 Å². The van der Waals surface area contributed by atoms with Crippen molar-refractivity contribution >= 4 is 21.9 Å². The van der Waals surface area contributed by atoms with Crippen molar-refractivity contribution in [1.82, 2.24) is 0 Å². The maximum Gasteiger partial charge on any atom is 0.338 e. The van der Waals surface area contributed by atoms with Gasteiger partial charge >= 0.3 is 5.97 Å². The first-order chi connectivity index (χ1) is 4.66. The van der Waals surface area contributed by atoms with Crippen LogP contribution in [0.25, 0.3) is 0 Å². The van der Waals surface area contributed by atoms with Gasteiger partial charge in [-0.2, -0.15) is 0 Å². The summed E-state index contributed by atoms with van der Waals surface area (Å²) in [5, 5.41) is 18.2. The average molecular weight is 211 g/mol. The minimum absolute atomic E-state index is 0.344. The van der Waals surface area contributed by atoms with Gasteiger partial charge in [-0.1, -0.05) is 15.9 Å². The minimum Gasteiger partial charge on any atom is -0.457 e. The summed E-state index contributed by atoms with van der Waals surface area (Å²) in [6, 6.07) is 0. The van der Waals surface area contributed by atoms with Crippen LogP contribution in [-0.2, 0) is 9.53 Å².